The monoisotopic (exact) mass is 354 g/mol. The molecule has 25 heavy (non-hydrogen) atoms. The maximum absolute atomic E-state index is 12.5. The van der Waals surface area contributed by atoms with Gasteiger partial charge < -0.3 is 10.2 Å². The smallest absolute Gasteiger partial charge is 0.265 e. The molecule has 0 spiro atoms. The van der Waals surface area contributed by atoms with Crippen LogP contribution in [0.2, 0.25) is 0 Å². The number of aryl methyl sites for hydroxylation is 1. The fourth-order valence-electron chi connectivity index (χ4n) is 2.42. The van der Waals surface area contributed by atoms with Crippen LogP contribution in [0, 0.1) is 0 Å². The number of hydrogen-bond acceptors (Lipinski definition) is 4. The number of carbonyl (C=O) groups is 2. The first-order valence-electron chi connectivity index (χ1n) is 7.71. The molecule has 1 aromatic carbocycles. The number of hydrogen-bond donors (Lipinski definition) is 1. The molecule has 0 aliphatic rings. The molecule has 7 heteroatoms. The van der Waals surface area contributed by atoms with Crippen LogP contribution in [0.1, 0.15) is 25.6 Å². The van der Waals surface area contributed by atoms with Crippen LogP contribution in [0.25, 0.3) is 0 Å². The standard InChI is InChI=1S/C18H18N4O2S/c1-21(11-13-10-19-22(2)12-13)18(24)14-5-7-15(8-6-14)20-17(23)16-4-3-9-25-16/h3-10,12H,11H2,1-2H3,(H,20,23). The summed E-state index contributed by atoms with van der Waals surface area (Å²) in [6.45, 7) is 0.490. The highest BCUT2D eigenvalue weighted by molar-refractivity contribution is 7.12. The van der Waals surface area contributed by atoms with Crippen LogP contribution < -0.4 is 5.32 Å². The Hall–Kier alpha value is -2.93. The van der Waals surface area contributed by atoms with Gasteiger partial charge in [-0.1, -0.05) is 6.07 Å². The molecule has 3 aromatic rings. The summed E-state index contributed by atoms with van der Waals surface area (Å²) in [7, 11) is 3.59. The highest BCUT2D eigenvalue weighted by Crippen LogP contribution is 2.15. The van der Waals surface area contributed by atoms with Gasteiger partial charge in [0, 0.05) is 43.7 Å². The van der Waals surface area contributed by atoms with Crippen molar-refractivity contribution in [2.24, 2.45) is 7.05 Å². The number of amides is 2. The molecule has 0 saturated carbocycles. The number of benzene rings is 1. The van der Waals surface area contributed by atoms with Crippen LogP contribution in [0.15, 0.2) is 54.2 Å². The third-order valence-corrected chi connectivity index (χ3v) is 4.53. The highest BCUT2D eigenvalue weighted by Gasteiger charge is 2.13. The molecule has 0 fully saturated rings. The van der Waals surface area contributed by atoms with Crippen LogP contribution in [0.3, 0.4) is 0 Å². The Morgan fingerprint density at radius 3 is 2.60 bits per heavy atom. The largest absolute Gasteiger partial charge is 0.337 e. The lowest BCUT2D eigenvalue weighted by molar-refractivity contribution is 0.0785. The van der Waals surface area contributed by atoms with Gasteiger partial charge in [-0.05, 0) is 35.7 Å². The summed E-state index contributed by atoms with van der Waals surface area (Å²) in [6.07, 6.45) is 3.62. The topological polar surface area (TPSA) is 67.2 Å². The zero-order valence-electron chi connectivity index (χ0n) is 14.0. The van der Waals surface area contributed by atoms with Gasteiger partial charge in [0.05, 0.1) is 11.1 Å². The lowest BCUT2D eigenvalue weighted by atomic mass is 10.1. The molecule has 1 N–H and O–H groups in total. The Morgan fingerprint density at radius 1 is 1.24 bits per heavy atom. The number of nitrogens with zero attached hydrogens (tertiary/aromatic N) is 3. The van der Waals surface area contributed by atoms with Gasteiger partial charge in [0.25, 0.3) is 11.8 Å². The van der Waals surface area contributed by atoms with E-state index in [1.54, 1.807) is 53.2 Å². The molecule has 0 unspecified atom stereocenters. The predicted molar refractivity (Wildman–Crippen MR) is 97.7 cm³/mol. The molecule has 0 saturated heterocycles. The minimum atomic E-state index is -0.150. The van der Waals surface area contributed by atoms with Gasteiger partial charge in [-0.3, -0.25) is 14.3 Å². The summed E-state index contributed by atoms with van der Waals surface area (Å²) in [6, 6.07) is 10.5. The molecule has 3 rings (SSSR count). The van der Waals surface area contributed by atoms with Crippen molar-refractivity contribution in [1.29, 1.82) is 0 Å². The molecule has 0 bridgehead atoms. The first-order chi connectivity index (χ1) is 12.0. The van der Waals surface area contributed by atoms with E-state index in [9.17, 15) is 9.59 Å². The number of anilines is 1. The fraction of sp³-hybridized carbons (Fsp3) is 0.167. The Morgan fingerprint density at radius 2 is 2.00 bits per heavy atom. The van der Waals surface area contributed by atoms with Crippen LogP contribution in [-0.2, 0) is 13.6 Å². The van der Waals surface area contributed by atoms with E-state index >= 15 is 0 Å². The van der Waals surface area contributed by atoms with Gasteiger partial charge >= 0.3 is 0 Å². The molecule has 6 nitrogen and oxygen atoms in total. The van der Waals surface area contributed by atoms with E-state index in [0.717, 1.165) is 5.56 Å². The molecular formula is C18H18N4O2S. The van der Waals surface area contributed by atoms with Gasteiger partial charge in [-0.2, -0.15) is 5.10 Å². The summed E-state index contributed by atoms with van der Waals surface area (Å²) < 4.78 is 1.71. The van der Waals surface area contributed by atoms with Crippen molar-refractivity contribution in [3.05, 3.63) is 70.2 Å². The first-order valence-corrected chi connectivity index (χ1v) is 8.59. The number of aromatic nitrogens is 2. The summed E-state index contributed by atoms with van der Waals surface area (Å²) in [5.41, 5.74) is 2.20. The second kappa shape index (κ2) is 7.31. The lowest BCUT2D eigenvalue weighted by Gasteiger charge is -2.16. The quantitative estimate of drug-likeness (QED) is 0.766. The second-order valence-electron chi connectivity index (χ2n) is 5.69. The number of thiophene rings is 1. The van der Waals surface area contributed by atoms with Gasteiger partial charge in [-0.15, -0.1) is 11.3 Å². The van der Waals surface area contributed by atoms with Crippen molar-refractivity contribution < 1.29 is 9.59 Å². The molecule has 128 valence electrons. The maximum Gasteiger partial charge on any atom is 0.265 e. The number of nitrogens with one attached hydrogen (secondary N) is 1. The minimum Gasteiger partial charge on any atom is -0.337 e. The van der Waals surface area contributed by atoms with Crippen LogP contribution in [-0.4, -0.2) is 33.5 Å². The summed E-state index contributed by atoms with van der Waals surface area (Å²) in [5, 5.41) is 8.78. The van der Waals surface area contributed by atoms with E-state index in [4.69, 9.17) is 0 Å². The summed E-state index contributed by atoms with van der Waals surface area (Å²) in [4.78, 5) is 26.8. The van der Waals surface area contributed by atoms with Gasteiger partial charge in [-0.25, -0.2) is 0 Å². The fourth-order valence-corrected chi connectivity index (χ4v) is 3.04. The second-order valence-corrected chi connectivity index (χ2v) is 6.64. The molecule has 0 atom stereocenters. The van der Waals surface area contributed by atoms with E-state index < -0.39 is 0 Å². The van der Waals surface area contributed by atoms with Crippen molar-refractivity contribution in [3.63, 3.8) is 0 Å². The highest BCUT2D eigenvalue weighted by atomic mass is 32.1. The molecule has 0 radical (unpaired) electrons. The Kier molecular flexibility index (Phi) is 4.95. The van der Waals surface area contributed by atoms with Gasteiger partial charge in [0.2, 0.25) is 0 Å². The molecule has 2 heterocycles. The SMILES string of the molecule is CN(Cc1cnn(C)c1)C(=O)c1ccc(NC(=O)c2cccs2)cc1. The zero-order valence-corrected chi connectivity index (χ0v) is 14.8. The third-order valence-electron chi connectivity index (χ3n) is 3.66. The molecule has 2 aromatic heterocycles. The Bertz CT molecular complexity index is 869. The maximum atomic E-state index is 12.5. The summed E-state index contributed by atoms with van der Waals surface area (Å²) >= 11 is 1.39. The van der Waals surface area contributed by atoms with E-state index in [-0.39, 0.29) is 11.8 Å². The van der Waals surface area contributed by atoms with Crippen molar-refractivity contribution in [2.75, 3.05) is 12.4 Å². The number of carbonyl (C=O) groups excluding carboxylic acids is 2. The number of rotatable bonds is 5. The molecular weight excluding hydrogens is 336 g/mol. The van der Waals surface area contributed by atoms with Crippen molar-refractivity contribution >= 4 is 28.8 Å². The van der Waals surface area contributed by atoms with Crippen LogP contribution in [0.5, 0.6) is 0 Å². The first kappa shape index (κ1) is 16.9. The molecule has 0 aliphatic carbocycles. The average molecular weight is 354 g/mol. The van der Waals surface area contributed by atoms with Crippen molar-refractivity contribution in [3.8, 4) is 0 Å². The van der Waals surface area contributed by atoms with E-state index in [2.05, 4.69) is 10.4 Å². The van der Waals surface area contributed by atoms with Crippen LogP contribution >= 0.6 is 11.3 Å². The average Bonchev–Trinajstić information content (AvgIpc) is 3.27. The molecule has 0 aliphatic heterocycles. The Labute approximate surface area is 149 Å². The van der Waals surface area contributed by atoms with Gasteiger partial charge in [0.15, 0.2) is 0 Å². The van der Waals surface area contributed by atoms with Crippen LogP contribution in [0.4, 0.5) is 5.69 Å². The zero-order chi connectivity index (χ0) is 17.8. The van der Waals surface area contributed by atoms with E-state index in [0.29, 0.717) is 22.7 Å². The van der Waals surface area contributed by atoms with Crippen molar-refractivity contribution in [2.45, 2.75) is 6.54 Å². The van der Waals surface area contributed by atoms with E-state index in [1.165, 1.54) is 11.3 Å². The van der Waals surface area contributed by atoms with Gasteiger partial charge in [0.1, 0.15) is 0 Å². The lowest BCUT2D eigenvalue weighted by Crippen LogP contribution is -2.26. The summed E-state index contributed by atoms with van der Waals surface area (Å²) in [5.74, 6) is -0.234. The van der Waals surface area contributed by atoms with E-state index in [1.807, 2.05) is 24.7 Å². The van der Waals surface area contributed by atoms with Crippen molar-refractivity contribution in [1.82, 2.24) is 14.7 Å². The Balaban J connectivity index is 1.63. The predicted octanol–water partition coefficient (Wildman–Crippen LogP) is 3.01. The normalized spacial score (nSPS) is 10.5. The molecule has 2 amide bonds. The third kappa shape index (κ3) is 4.13. The minimum absolute atomic E-state index is 0.0833.